The standard InChI is InChI=1S/C55H74F2N16O19P2S2/c1-28(2)40(69-36(75)10-6-5-7-15-60-37(76)19-29(3)52(78)79)33(74)20-31(9-8-16-61-53(59)80)49(77)68-32-13-11-30(12-14-32)21-86-55(82)71(4)17-18-85-54(81)70-46-42-48(65-25-63-46)73(27-67-42)51-39(57)44-35(90-51)23-88-93(83,95)91-43-34(22-87-94(84,96)92-44)89-50(38(43)56)72-26-66-41-45(58)62-24-64-47(41)72/h11-14,24-29,31,34-35,38-40,43-44,50-51H,5-10,15-23H2,1-4H3,(H,60,76)(H,68,77)(H,69,75)(H,78,79)(H,83,95)(H,84,96)(H2,58,62,64)(H3,59,61,80)(H,63,65,70,81)/t29?,31-,34-,35-,38-,39-,40?,43-,44-,50-,51-,93?,94?/m1/s1. The van der Waals surface area contributed by atoms with Crippen LogP contribution >= 0.6 is 13.4 Å². The first-order valence-corrected chi connectivity index (χ1v) is 35.3. The molecule has 4 aromatic heterocycles. The number of primary amides is 1. The number of aromatic nitrogens is 8. The summed E-state index contributed by atoms with van der Waals surface area (Å²) in [5, 5.41) is 22.2. The summed E-state index contributed by atoms with van der Waals surface area (Å²) in [7, 11) is 1.40. The number of hydrogen-bond donors (Lipinski definition) is 10. The van der Waals surface area contributed by atoms with Gasteiger partial charge in [0.2, 0.25) is 17.7 Å². The summed E-state index contributed by atoms with van der Waals surface area (Å²) in [5.74, 6) is -4.87. The second kappa shape index (κ2) is 33.5. The lowest BCUT2D eigenvalue weighted by Gasteiger charge is -2.29. The van der Waals surface area contributed by atoms with Crippen LogP contribution in [0.1, 0.15) is 90.2 Å². The molecule has 3 aliphatic heterocycles. The number of Topliss-reactive ketones (excluding diaryl/α,β-unsaturated/α-hetero) is 1. The van der Waals surface area contributed by atoms with E-state index in [2.05, 4.69) is 56.5 Å². The SMILES string of the molecule is CC(CC(=O)NCCCCCC(=O)NC(C(=O)C[C@@H](CCCNC(N)=O)C(=O)Nc1ccc(COC(=O)N(C)CCOC(=O)Nc2ncnc3c2ncn3[C@@H]2O[C@@H]3COP(O)(=S)O[C@H]4[C@@H](F)[C@H](n5cnc6c(N)ncnc65)O[C@@H]4COP(O)(=S)O[C@H]3[C@H]2F)cc1)C(C)C)C(=O)O. The van der Waals surface area contributed by atoms with Gasteiger partial charge in [0, 0.05) is 51.0 Å². The molecule has 1 aromatic carbocycles. The van der Waals surface area contributed by atoms with Crippen LogP contribution in [0.5, 0.6) is 0 Å². The number of fused-ring (bicyclic) bond motifs is 4. The number of ketones is 1. The number of nitrogen functional groups attached to an aromatic ring is 1. The van der Waals surface area contributed by atoms with Gasteiger partial charge in [0.25, 0.3) is 0 Å². The van der Waals surface area contributed by atoms with Gasteiger partial charge in [0.1, 0.15) is 55.8 Å². The molecule has 0 aliphatic carbocycles. The molecule has 96 heavy (non-hydrogen) atoms. The first-order chi connectivity index (χ1) is 45.6. The van der Waals surface area contributed by atoms with Crippen molar-refractivity contribution in [2.24, 2.45) is 23.5 Å². The third kappa shape index (κ3) is 20.0. The van der Waals surface area contributed by atoms with E-state index in [1.54, 1.807) is 38.1 Å². The zero-order chi connectivity index (χ0) is 69.6. The largest absolute Gasteiger partial charge is 0.481 e. The number of anilines is 3. The molecule has 8 rings (SSSR count). The molecule has 0 radical (unpaired) electrons. The van der Waals surface area contributed by atoms with E-state index in [0.717, 1.165) is 28.4 Å². The summed E-state index contributed by atoms with van der Waals surface area (Å²) in [6, 6.07) is 4.66. The molecule has 13 atom stereocenters. The number of halogens is 2. The minimum Gasteiger partial charge on any atom is -0.481 e. The summed E-state index contributed by atoms with van der Waals surface area (Å²) in [6.07, 6.45) is -9.28. The highest BCUT2D eigenvalue weighted by atomic mass is 32.5. The zero-order valence-electron chi connectivity index (χ0n) is 52.2. The van der Waals surface area contributed by atoms with Crippen molar-refractivity contribution < 1.29 is 99.1 Å². The van der Waals surface area contributed by atoms with Gasteiger partial charge in [0.05, 0.1) is 44.4 Å². The van der Waals surface area contributed by atoms with Gasteiger partial charge in [0.15, 0.2) is 59.0 Å². The minimum atomic E-state index is -4.43. The number of ether oxygens (including phenoxy) is 4. The normalized spacial score (nSPS) is 24.4. The Kier molecular flexibility index (Phi) is 25.9. The summed E-state index contributed by atoms with van der Waals surface area (Å²) < 4.78 is 80.5. The second-order valence-electron chi connectivity index (χ2n) is 22.9. The molecule has 7 heterocycles. The van der Waals surface area contributed by atoms with E-state index in [0.29, 0.717) is 43.5 Å². The quantitative estimate of drug-likeness (QED) is 0.0252. The molecular weight excluding hydrogens is 1350 g/mol. The van der Waals surface area contributed by atoms with Crippen LogP contribution in [0.2, 0.25) is 0 Å². The number of nitrogens with one attached hydrogen (secondary N) is 5. The Morgan fingerprint density at radius 1 is 0.760 bits per heavy atom. The fraction of sp³-hybridized carbons (Fsp3) is 0.564. The number of hydrogen-bond acceptors (Lipinski definition) is 25. The molecule has 3 fully saturated rings. The molecule has 3 aliphatic rings. The van der Waals surface area contributed by atoms with E-state index in [4.69, 9.17) is 77.2 Å². The Morgan fingerprint density at radius 3 is 1.96 bits per heavy atom. The summed E-state index contributed by atoms with van der Waals surface area (Å²) in [4.78, 5) is 149. The summed E-state index contributed by atoms with van der Waals surface area (Å²) in [5.41, 5.74) is 12.1. The number of urea groups is 1. The van der Waals surface area contributed by atoms with Gasteiger partial charge in [-0.2, -0.15) is 0 Å². The lowest BCUT2D eigenvalue weighted by molar-refractivity contribution is -0.143. The predicted octanol–water partition coefficient (Wildman–Crippen LogP) is 3.68. The highest BCUT2D eigenvalue weighted by molar-refractivity contribution is 8.07. The molecular formula is C55H74F2N16O19P2S2. The second-order valence-corrected chi connectivity index (χ2v) is 28.5. The maximum Gasteiger partial charge on any atom is 0.412 e. The molecule has 12 N–H and O–H groups in total. The number of unbranched alkanes of at least 4 members (excludes halogenated alkanes) is 2. The van der Waals surface area contributed by atoms with Crippen LogP contribution in [0, 0.1) is 17.8 Å². The lowest BCUT2D eigenvalue weighted by Crippen LogP contribution is -2.45. The van der Waals surface area contributed by atoms with Crippen molar-refractivity contribution in [2.75, 3.05) is 62.9 Å². The van der Waals surface area contributed by atoms with Crippen molar-refractivity contribution in [3.63, 3.8) is 0 Å². The third-order valence-electron chi connectivity index (χ3n) is 15.4. The fourth-order valence-electron chi connectivity index (χ4n) is 10.3. The fourth-order valence-corrected chi connectivity index (χ4v) is 13.2. The maximum absolute atomic E-state index is 16.7. The van der Waals surface area contributed by atoms with Crippen LogP contribution in [-0.4, -0.2) is 196 Å². The predicted molar refractivity (Wildman–Crippen MR) is 340 cm³/mol. The van der Waals surface area contributed by atoms with Gasteiger partial charge in [-0.3, -0.25) is 47.5 Å². The number of imidazole rings is 2. The molecule has 5 aromatic rings. The van der Waals surface area contributed by atoms with Crippen LogP contribution in [0.3, 0.4) is 0 Å². The Labute approximate surface area is 556 Å². The van der Waals surface area contributed by atoms with E-state index in [-0.39, 0.29) is 109 Å². The molecule has 3 saturated heterocycles. The van der Waals surface area contributed by atoms with E-state index in [9.17, 15) is 48.1 Å². The number of benzene rings is 1. The van der Waals surface area contributed by atoms with Crippen molar-refractivity contribution in [3.05, 3.63) is 55.1 Å². The Morgan fingerprint density at radius 2 is 1.35 bits per heavy atom. The van der Waals surface area contributed by atoms with Gasteiger partial charge in [-0.05, 0) is 72.9 Å². The Bertz CT molecular complexity index is 3720. The average Bonchev–Trinajstić information content (AvgIpc) is 1.62. The number of alkyl halides is 2. The number of carboxylic acids is 1. The lowest BCUT2D eigenvalue weighted by atomic mass is 9.89. The molecule has 0 bridgehead atoms. The smallest absolute Gasteiger partial charge is 0.412 e. The van der Waals surface area contributed by atoms with Crippen molar-refractivity contribution in [3.8, 4) is 0 Å². The van der Waals surface area contributed by atoms with Gasteiger partial charge in [-0.25, -0.2) is 53.1 Å². The zero-order valence-corrected chi connectivity index (χ0v) is 55.6. The van der Waals surface area contributed by atoms with Crippen molar-refractivity contribution in [1.29, 1.82) is 0 Å². The van der Waals surface area contributed by atoms with Crippen LogP contribution in [0.4, 0.5) is 40.5 Å². The first-order valence-electron chi connectivity index (χ1n) is 30.2. The van der Waals surface area contributed by atoms with Crippen LogP contribution < -0.4 is 38.1 Å². The monoisotopic (exact) mass is 1430 g/mol. The summed E-state index contributed by atoms with van der Waals surface area (Å²) in [6.45, 7) is -5.54. The summed E-state index contributed by atoms with van der Waals surface area (Å²) >= 11 is 10.5. The number of nitrogens with zero attached hydrogens (tertiary/aromatic N) is 9. The number of carbonyl (C=O) groups excluding carboxylic acids is 7. The average molecular weight is 1430 g/mol. The number of carboxylic acid groups (broad SMARTS) is 1. The highest BCUT2D eigenvalue weighted by Crippen LogP contribution is 2.55. The van der Waals surface area contributed by atoms with Gasteiger partial charge < -0.3 is 80.5 Å². The number of amides is 7. The van der Waals surface area contributed by atoms with Gasteiger partial charge in [-0.1, -0.05) is 39.3 Å². The Balaban J connectivity index is 0.782. The van der Waals surface area contributed by atoms with Crippen LogP contribution in [-0.2, 0) is 91.2 Å². The minimum absolute atomic E-state index is 0.0122. The maximum atomic E-state index is 16.7. The van der Waals surface area contributed by atoms with Crippen molar-refractivity contribution >= 4 is 124 Å². The van der Waals surface area contributed by atoms with Crippen molar-refractivity contribution in [2.45, 2.75) is 134 Å². The molecule has 0 saturated carbocycles. The van der Waals surface area contributed by atoms with E-state index in [1.165, 1.54) is 24.9 Å². The number of carbonyl (C=O) groups is 8. The molecule has 0 spiro atoms. The van der Waals surface area contributed by atoms with Gasteiger partial charge in [-0.15, -0.1) is 0 Å². The third-order valence-corrected chi connectivity index (χ3v) is 18.5. The van der Waals surface area contributed by atoms with Crippen LogP contribution in [0.15, 0.2) is 49.6 Å². The van der Waals surface area contributed by atoms with E-state index < -0.39 is 124 Å². The van der Waals surface area contributed by atoms with E-state index in [1.807, 2.05) is 0 Å². The number of rotatable bonds is 28. The Hall–Kier alpha value is -7.68. The molecule has 7 amide bonds. The topological polar surface area (TPSA) is 474 Å². The number of likely N-dealkylation sites (N-methyl/N-ethyl adjacent to an activating group) is 1. The highest BCUT2D eigenvalue weighted by Gasteiger charge is 2.54. The molecule has 4 unspecified atom stereocenters. The van der Waals surface area contributed by atoms with Crippen LogP contribution in [0.25, 0.3) is 22.3 Å². The number of nitrogens with two attached hydrogens (primary N) is 2. The molecule has 41 heteroatoms. The first kappa shape index (κ1) is 74.1. The molecule has 524 valence electrons. The number of aliphatic carboxylic acids is 1. The van der Waals surface area contributed by atoms with E-state index >= 15 is 8.78 Å². The van der Waals surface area contributed by atoms with Gasteiger partial charge >= 0.3 is 37.6 Å². The van der Waals surface area contributed by atoms with Crippen molar-refractivity contribution in [1.82, 2.24) is 59.9 Å². The molecule has 35 nitrogen and oxygen atoms in total.